The summed E-state index contributed by atoms with van der Waals surface area (Å²) in [6, 6.07) is 7.70. The molecule has 0 bridgehead atoms. The molecule has 3 heterocycles. The van der Waals surface area contributed by atoms with E-state index in [2.05, 4.69) is 21.2 Å². The molecule has 0 radical (unpaired) electrons. The summed E-state index contributed by atoms with van der Waals surface area (Å²) < 4.78 is 6.42. The van der Waals surface area contributed by atoms with Gasteiger partial charge in [-0.3, -0.25) is 4.79 Å². The Balaban J connectivity index is 0.000000248. The zero-order valence-electron chi connectivity index (χ0n) is 22.3. The van der Waals surface area contributed by atoms with Gasteiger partial charge in [0, 0.05) is 20.1 Å². The molecule has 3 aromatic heterocycles. The number of aromatic nitrogens is 3. The highest BCUT2D eigenvalue weighted by Crippen LogP contribution is 2.32. The quantitative estimate of drug-likeness (QED) is 0.373. The number of oxime groups is 1. The lowest BCUT2D eigenvalue weighted by Crippen LogP contribution is -2.36. The normalized spacial score (nSPS) is 14.1. The minimum atomic E-state index is -0.325. The van der Waals surface area contributed by atoms with Crippen LogP contribution >= 0.6 is 0 Å². The number of hydrogen-bond donors (Lipinski definition) is 0. The smallest absolute Gasteiger partial charge is 0.270 e. The fourth-order valence-electron chi connectivity index (χ4n) is 4.22. The van der Waals surface area contributed by atoms with E-state index < -0.39 is 0 Å². The van der Waals surface area contributed by atoms with E-state index in [9.17, 15) is 10.1 Å². The van der Waals surface area contributed by atoms with Crippen LogP contribution in [0, 0.1) is 29.6 Å². The zero-order chi connectivity index (χ0) is 27.2. The molecule has 37 heavy (non-hydrogen) atoms. The summed E-state index contributed by atoms with van der Waals surface area (Å²) in [4.78, 5) is 28.1. The number of oxazole rings is 1. The van der Waals surface area contributed by atoms with E-state index in [0.29, 0.717) is 22.4 Å². The zero-order valence-corrected chi connectivity index (χ0v) is 22.3. The van der Waals surface area contributed by atoms with Crippen molar-refractivity contribution in [1.29, 1.82) is 10.5 Å². The Bertz CT molecular complexity index is 1410. The maximum atomic E-state index is 12.6. The van der Waals surface area contributed by atoms with Crippen molar-refractivity contribution in [3.63, 3.8) is 0 Å². The van der Waals surface area contributed by atoms with E-state index in [1.807, 2.05) is 45.7 Å². The van der Waals surface area contributed by atoms with Gasteiger partial charge in [-0.05, 0) is 52.7 Å². The van der Waals surface area contributed by atoms with Crippen LogP contribution in [0.15, 0.2) is 32.9 Å². The molecule has 1 aliphatic rings. The van der Waals surface area contributed by atoms with Gasteiger partial charge in [-0.2, -0.15) is 10.5 Å². The third-order valence-corrected chi connectivity index (χ3v) is 6.20. The van der Waals surface area contributed by atoms with Gasteiger partial charge in [-0.1, -0.05) is 24.4 Å². The molecule has 0 aromatic carbocycles. The first-order chi connectivity index (χ1) is 17.6. The van der Waals surface area contributed by atoms with Crippen molar-refractivity contribution in [2.75, 3.05) is 11.9 Å². The number of rotatable bonds is 4. The number of anilines is 1. The second kappa shape index (κ2) is 11.7. The van der Waals surface area contributed by atoms with Gasteiger partial charge >= 0.3 is 0 Å². The second-order valence-corrected chi connectivity index (χ2v) is 10.0. The lowest BCUT2D eigenvalue weighted by atomic mass is 9.93. The Morgan fingerprint density at radius 1 is 1.22 bits per heavy atom. The third kappa shape index (κ3) is 6.53. The van der Waals surface area contributed by atoms with Gasteiger partial charge in [0.2, 0.25) is 0 Å². The Labute approximate surface area is 216 Å². The van der Waals surface area contributed by atoms with Crippen molar-refractivity contribution >= 4 is 22.9 Å². The molecule has 0 amide bonds. The maximum Gasteiger partial charge on any atom is 0.270 e. The first kappa shape index (κ1) is 27.4. The fraction of sp³-hybridized carbons (Fsp3) is 0.481. The average Bonchev–Trinajstić information content (AvgIpc) is 3.29. The van der Waals surface area contributed by atoms with E-state index in [4.69, 9.17) is 14.5 Å². The molecule has 0 unspecified atom stereocenters. The van der Waals surface area contributed by atoms with E-state index in [-0.39, 0.29) is 28.5 Å². The maximum absolute atomic E-state index is 12.6. The predicted octanol–water partition coefficient (Wildman–Crippen LogP) is 4.58. The van der Waals surface area contributed by atoms with E-state index in [0.717, 1.165) is 31.4 Å². The van der Waals surface area contributed by atoms with Crippen molar-refractivity contribution in [1.82, 2.24) is 14.5 Å². The molecule has 10 heteroatoms. The van der Waals surface area contributed by atoms with Crippen molar-refractivity contribution in [2.45, 2.75) is 71.4 Å². The molecular weight excluding hydrogens is 470 g/mol. The van der Waals surface area contributed by atoms with Crippen LogP contribution in [0.25, 0.3) is 11.0 Å². The van der Waals surface area contributed by atoms with Crippen LogP contribution in [0.3, 0.4) is 0 Å². The summed E-state index contributed by atoms with van der Waals surface area (Å²) in [6.07, 6.45) is 8.53. The third-order valence-electron chi connectivity index (χ3n) is 6.20. The van der Waals surface area contributed by atoms with E-state index in [1.165, 1.54) is 17.4 Å². The highest BCUT2D eigenvalue weighted by Gasteiger charge is 2.25. The lowest BCUT2D eigenvalue weighted by Gasteiger charge is -2.33. The molecule has 1 aliphatic carbocycles. The minimum Gasteiger partial charge on any atom is -0.448 e. The molecule has 1 saturated carbocycles. The summed E-state index contributed by atoms with van der Waals surface area (Å²) >= 11 is 0. The van der Waals surface area contributed by atoms with Crippen molar-refractivity contribution in [2.24, 2.45) is 12.2 Å². The number of nitrogens with zero attached hydrogens (tertiary/aromatic N) is 7. The van der Waals surface area contributed by atoms with Crippen LogP contribution in [0.1, 0.15) is 75.6 Å². The number of fused-ring (bicyclic) bond motifs is 1. The molecule has 10 nitrogen and oxygen atoms in total. The topological polar surface area (TPSA) is 133 Å². The van der Waals surface area contributed by atoms with Crippen LogP contribution in [-0.4, -0.2) is 39.4 Å². The molecule has 0 aliphatic heterocycles. The summed E-state index contributed by atoms with van der Waals surface area (Å²) in [5.74, 6) is 0.737. The Morgan fingerprint density at radius 2 is 1.92 bits per heavy atom. The summed E-state index contributed by atoms with van der Waals surface area (Å²) in [5, 5.41) is 22.5. The number of hydrogen-bond acceptors (Lipinski definition) is 9. The highest BCUT2D eigenvalue weighted by atomic mass is 16.6. The summed E-state index contributed by atoms with van der Waals surface area (Å²) in [6.45, 7) is 7.62. The molecular formula is C27H33N7O3. The molecule has 3 aromatic rings. The van der Waals surface area contributed by atoms with Gasteiger partial charge in [0.1, 0.15) is 46.0 Å². The molecule has 0 spiro atoms. The number of pyridine rings is 2. The number of aryl methyl sites for hydroxylation is 2. The fourth-order valence-corrected chi connectivity index (χ4v) is 4.22. The van der Waals surface area contributed by atoms with E-state index >= 15 is 0 Å². The van der Waals surface area contributed by atoms with Crippen molar-refractivity contribution < 1.29 is 9.25 Å². The largest absolute Gasteiger partial charge is 0.448 e. The van der Waals surface area contributed by atoms with Crippen LogP contribution in [0.4, 0.5) is 5.69 Å². The first-order valence-electron chi connectivity index (χ1n) is 12.3. The van der Waals surface area contributed by atoms with Gasteiger partial charge in [0.05, 0.1) is 17.4 Å². The van der Waals surface area contributed by atoms with Crippen LogP contribution in [0.5, 0.6) is 0 Å². The Morgan fingerprint density at radius 3 is 2.49 bits per heavy atom. The SMILES string of the molecule is CN(c1c(C#N)c(=O)n(C)c2ccc(C#N)nc12)C1CCCCC1.Cc1ocnc1/C=N\OC(C)(C)C. The van der Waals surface area contributed by atoms with Crippen LogP contribution in [-0.2, 0) is 11.9 Å². The van der Waals surface area contributed by atoms with E-state index in [1.54, 1.807) is 25.4 Å². The van der Waals surface area contributed by atoms with Gasteiger partial charge < -0.3 is 18.7 Å². The van der Waals surface area contributed by atoms with Crippen LogP contribution in [0.2, 0.25) is 0 Å². The standard InChI is InChI=1S/C18H19N5O.C9H14N2O2/c1-22(13-6-4-3-5-7-13)17-14(11-20)18(24)23(2)15-9-8-12(10-19)21-16(15)17;1-7-8(10-6-12-7)5-11-13-9(2,3)4/h8-9,13H,3-7H2,1-2H3;5-6H,1-4H3/b;11-5-. The molecule has 4 rings (SSSR count). The molecule has 1 fully saturated rings. The molecule has 0 atom stereocenters. The molecule has 194 valence electrons. The highest BCUT2D eigenvalue weighted by molar-refractivity contribution is 5.92. The second-order valence-electron chi connectivity index (χ2n) is 10.0. The van der Waals surface area contributed by atoms with Gasteiger partial charge in [-0.15, -0.1) is 0 Å². The number of nitriles is 2. The minimum absolute atomic E-state index is 0.0978. The monoisotopic (exact) mass is 503 g/mol. The Hall–Kier alpha value is -4.18. The van der Waals surface area contributed by atoms with Crippen molar-refractivity contribution in [3.8, 4) is 12.1 Å². The Kier molecular flexibility index (Phi) is 8.67. The summed E-state index contributed by atoms with van der Waals surface area (Å²) in [7, 11) is 3.55. The van der Waals surface area contributed by atoms with Crippen molar-refractivity contribution in [3.05, 3.63) is 51.6 Å². The van der Waals surface area contributed by atoms with Crippen LogP contribution < -0.4 is 10.5 Å². The molecule has 0 saturated heterocycles. The van der Waals surface area contributed by atoms with Gasteiger partial charge in [0.15, 0.2) is 6.39 Å². The lowest BCUT2D eigenvalue weighted by molar-refractivity contribution is 0.00195. The van der Waals surface area contributed by atoms with Gasteiger partial charge in [-0.25, -0.2) is 9.97 Å². The average molecular weight is 504 g/mol. The molecule has 0 N–H and O–H groups in total. The van der Waals surface area contributed by atoms with Gasteiger partial charge in [0.25, 0.3) is 5.56 Å². The first-order valence-corrected chi connectivity index (χ1v) is 12.3. The predicted molar refractivity (Wildman–Crippen MR) is 141 cm³/mol. The summed E-state index contributed by atoms with van der Waals surface area (Å²) in [5.41, 5.74) is 2.21.